The summed E-state index contributed by atoms with van der Waals surface area (Å²) in [5.74, 6) is 0. The van der Waals surface area contributed by atoms with E-state index in [4.69, 9.17) is 10.5 Å². The predicted molar refractivity (Wildman–Crippen MR) is 60.7 cm³/mol. The lowest BCUT2D eigenvalue weighted by atomic mass is 9.92. The van der Waals surface area contributed by atoms with Crippen LogP contribution in [0.5, 0.6) is 0 Å². The van der Waals surface area contributed by atoms with Crippen molar-refractivity contribution in [1.29, 1.82) is 0 Å². The number of hydrogen-bond donors (Lipinski definition) is 1. The first kappa shape index (κ1) is 12.2. The molecule has 1 rings (SSSR count). The van der Waals surface area contributed by atoms with Crippen LogP contribution in [0.3, 0.4) is 0 Å². The summed E-state index contributed by atoms with van der Waals surface area (Å²) in [6.07, 6.45) is -0.0707. The molecule has 0 aliphatic heterocycles. The van der Waals surface area contributed by atoms with E-state index in [2.05, 4.69) is 31.9 Å². The van der Waals surface area contributed by atoms with E-state index < -0.39 is 0 Å². The van der Waals surface area contributed by atoms with Crippen molar-refractivity contribution < 1.29 is 4.74 Å². The highest BCUT2D eigenvalue weighted by Gasteiger charge is 2.21. The van der Waals surface area contributed by atoms with Crippen LogP contribution in [0.2, 0.25) is 0 Å². The van der Waals surface area contributed by atoms with Crippen LogP contribution in [-0.2, 0) is 17.2 Å². The maximum atomic E-state index is 5.64. The molecule has 0 radical (unpaired) electrons. The van der Waals surface area contributed by atoms with Crippen molar-refractivity contribution in [1.82, 2.24) is 9.78 Å². The molecule has 0 aliphatic rings. The molecule has 1 atom stereocenters. The van der Waals surface area contributed by atoms with Crippen LogP contribution in [0.4, 0.5) is 0 Å². The second kappa shape index (κ2) is 4.33. The van der Waals surface area contributed by atoms with Crippen molar-refractivity contribution in [2.45, 2.75) is 32.3 Å². The van der Waals surface area contributed by atoms with E-state index in [1.54, 1.807) is 7.11 Å². The number of nitrogens with two attached hydrogens (primary N) is 1. The Hall–Kier alpha value is -0.870. The second-order valence-electron chi connectivity index (χ2n) is 4.79. The smallest absolute Gasteiger partial charge is 0.111 e. The lowest BCUT2D eigenvalue weighted by molar-refractivity contribution is 0.103. The molecule has 0 spiro atoms. The van der Waals surface area contributed by atoms with Crippen molar-refractivity contribution in [3.63, 3.8) is 0 Å². The van der Waals surface area contributed by atoms with Crippen LogP contribution in [-0.4, -0.2) is 23.4 Å². The number of rotatable bonds is 3. The van der Waals surface area contributed by atoms with Crippen LogP contribution in [0.25, 0.3) is 0 Å². The summed E-state index contributed by atoms with van der Waals surface area (Å²) in [6, 6.07) is 2.07. The van der Waals surface area contributed by atoms with Gasteiger partial charge in [-0.2, -0.15) is 5.10 Å². The van der Waals surface area contributed by atoms with Crippen LogP contribution < -0.4 is 5.73 Å². The highest BCUT2D eigenvalue weighted by Crippen LogP contribution is 2.24. The molecule has 0 aliphatic carbocycles. The summed E-state index contributed by atoms with van der Waals surface area (Å²) in [5.41, 5.74) is 7.79. The molecule has 2 N–H and O–H groups in total. The second-order valence-corrected chi connectivity index (χ2v) is 4.79. The lowest BCUT2D eigenvalue weighted by Crippen LogP contribution is -2.17. The van der Waals surface area contributed by atoms with Gasteiger partial charge in [0.25, 0.3) is 0 Å². The summed E-state index contributed by atoms with van der Waals surface area (Å²) < 4.78 is 7.16. The molecule has 0 bridgehead atoms. The zero-order chi connectivity index (χ0) is 11.6. The van der Waals surface area contributed by atoms with E-state index >= 15 is 0 Å². The van der Waals surface area contributed by atoms with E-state index in [9.17, 15) is 0 Å². The zero-order valence-corrected chi connectivity index (χ0v) is 10.2. The number of methoxy groups -OCH3 is 1. The molecule has 1 aromatic heterocycles. The Morgan fingerprint density at radius 1 is 1.53 bits per heavy atom. The first-order valence-corrected chi connectivity index (χ1v) is 5.17. The Kier molecular flexibility index (Phi) is 3.52. The van der Waals surface area contributed by atoms with Crippen LogP contribution in [0.1, 0.15) is 38.3 Å². The molecule has 0 fully saturated rings. The van der Waals surface area contributed by atoms with Crippen LogP contribution in [0.15, 0.2) is 6.07 Å². The minimum Gasteiger partial charge on any atom is -0.374 e. The average Bonchev–Trinajstić information content (AvgIpc) is 2.50. The molecular formula is C11H21N3O. The van der Waals surface area contributed by atoms with Crippen molar-refractivity contribution >= 4 is 0 Å². The number of nitrogens with zero attached hydrogens (tertiary/aromatic N) is 2. The Morgan fingerprint density at radius 2 is 2.13 bits per heavy atom. The number of aryl methyl sites for hydroxylation is 1. The quantitative estimate of drug-likeness (QED) is 0.821. The molecule has 0 amide bonds. The first-order valence-electron chi connectivity index (χ1n) is 5.17. The zero-order valence-electron chi connectivity index (χ0n) is 10.2. The van der Waals surface area contributed by atoms with Gasteiger partial charge in [0.05, 0.1) is 11.4 Å². The fourth-order valence-corrected chi connectivity index (χ4v) is 1.49. The Balaban J connectivity index is 3.06. The van der Waals surface area contributed by atoms with Crippen LogP contribution >= 0.6 is 0 Å². The van der Waals surface area contributed by atoms with E-state index in [0.717, 1.165) is 11.4 Å². The average molecular weight is 211 g/mol. The molecule has 1 heterocycles. The summed E-state index contributed by atoms with van der Waals surface area (Å²) in [7, 11) is 3.59. The SMILES string of the molecule is COC(CN)c1cc(C(C)(C)C)nn1C. The molecule has 0 aromatic carbocycles. The largest absolute Gasteiger partial charge is 0.374 e. The fourth-order valence-electron chi connectivity index (χ4n) is 1.49. The van der Waals surface area contributed by atoms with E-state index in [0.29, 0.717) is 6.54 Å². The Bertz CT molecular complexity index is 321. The molecule has 1 aromatic rings. The standard InChI is InChI=1S/C11H21N3O/c1-11(2,3)10-6-8(14(4)13-10)9(7-12)15-5/h6,9H,7,12H2,1-5H3. The Morgan fingerprint density at radius 3 is 2.47 bits per heavy atom. The van der Waals surface area contributed by atoms with Crippen molar-refractivity contribution in [3.8, 4) is 0 Å². The van der Waals surface area contributed by atoms with Gasteiger partial charge in [-0.25, -0.2) is 0 Å². The van der Waals surface area contributed by atoms with Crippen molar-refractivity contribution in [2.75, 3.05) is 13.7 Å². The minimum atomic E-state index is -0.0707. The third kappa shape index (κ3) is 2.58. The Labute approximate surface area is 91.4 Å². The third-order valence-corrected chi connectivity index (χ3v) is 2.51. The molecular weight excluding hydrogens is 190 g/mol. The minimum absolute atomic E-state index is 0.0584. The predicted octanol–water partition coefficient (Wildman–Crippen LogP) is 1.36. The first-order chi connectivity index (χ1) is 6.90. The summed E-state index contributed by atoms with van der Waals surface area (Å²) in [6.45, 7) is 6.90. The fraction of sp³-hybridized carbons (Fsp3) is 0.727. The van der Waals surface area contributed by atoms with Gasteiger partial charge in [-0.15, -0.1) is 0 Å². The van der Waals surface area contributed by atoms with Crippen molar-refractivity contribution in [2.24, 2.45) is 12.8 Å². The number of ether oxygens (including phenoxy) is 1. The van der Waals surface area contributed by atoms with Gasteiger partial charge < -0.3 is 10.5 Å². The monoisotopic (exact) mass is 211 g/mol. The molecule has 86 valence electrons. The molecule has 4 heteroatoms. The maximum absolute atomic E-state index is 5.64. The van der Waals surface area contributed by atoms with Gasteiger partial charge in [0.2, 0.25) is 0 Å². The summed E-state index contributed by atoms with van der Waals surface area (Å²) >= 11 is 0. The van der Waals surface area contributed by atoms with Gasteiger partial charge in [0, 0.05) is 26.1 Å². The summed E-state index contributed by atoms with van der Waals surface area (Å²) in [4.78, 5) is 0. The van der Waals surface area contributed by atoms with Gasteiger partial charge >= 0.3 is 0 Å². The van der Waals surface area contributed by atoms with Gasteiger partial charge in [-0.3, -0.25) is 4.68 Å². The number of hydrogen-bond acceptors (Lipinski definition) is 3. The highest BCUT2D eigenvalue weighted by atomic mass is 16.5. The van der Waals surface area contributed by atoms with Gasteiger partial charge in [0.1, 0.15) is 6.10 Å². The topological polar surface area (TPSA) is 53.1 Å². The highest BCUT2D eigenvalue weighted by molar-refractivity contribution is 5.19. The van der Waals surface area contributed by atoms with Crippen molar-refractivity contribution in [3.05, 3.63) is 17.5 Å². The van der Waals surface area contributed by atoms with Gasteiger partial charge in [0.15, 0.2) is 0 Å². The van der Waals surface area contributed by atoms with E-state index in [1.165, 1.54) is 0 Å². The molecule has 0 saturated carbocycles. The molecule has 1 unspecified atom stereocenters. The normalized spacial score (nSPS) is 14.3. The lowest BCUT2D eigenvalue weighted by Gasteiger charge is -2.14. The maximum Gasteiger partial charge on any atom is 0.111 e. The van der Waals surface area contributed by atoms with Gasteiger partial charge in [-0.05, 0) is 6.07 Å². The molecule has 0 saturated heterocycles. The summed E-state index contributed by atoms with van der Waals surface area (Å²) in [5, 5.41) is 4.48. The van der Waals surface area contributed by atoms with Gasteiger partial charge in [-0.1, -0.05) is 20.8 Å². The van der Waals surface area contributed by atoms with E-state index in [-0.39, 0.29) is 11.5 Å². The molecule has 4 nitrogen and oxygen atoms in total. The van der Waals surface area contributed by atoms with Crippen LogP contribution in [0, 0.1) is 0 Å². The molecule has 15 heavy (non-hydrogen) atoms. The third-order valence-electron chi connectivity index (χ3n) is 2.51. The number of aromatic nitrogens is 2. The van der Waals surface area contributed by atoms with E-state index in [1.807, 2.05) is 11.7 Å².